The predicted octanol–water partition coefficient (Wildman–Crippen LogP) is 3.81. The van der Waals surface area contributed by atoms with Gasteiger partial charge in [0.15, 0.2) is 11.6 Å². The molecule has 1 fully saturated rings. The SMILES string of the molecule is CN1CCOc2cc(-c3ccc4ncnc(N[C@H]5CC[C@H](N(C)C)CC5)c4c3)cnc21. The van der Waals surface area contributed by atoms with Crippen LogP contribution in [0, 0.1) is 0 Å². The van der Waals surface area contributed by atoms with Crippen LogP contribution in [0.3, 0.4) is 0 Å². The number of likely N-dealkylation sites (N-methyl/N-ethyl adjacent to an activating group) is 1. The average molecular weight is 419 g/mol. The molecule has 7 nitrogen and oxygen atoms in total. The molecular weight excluding hydrogens is 388 g/mol. The number of aromatic nitrogens is 3. The summed E-state index contributed by atoms with van der Waals surface area (Å²) in [6.07, 6.45) is 8.33. The van der Waals surface area contributed by atoms with E-state index in [-0.39, 0.29) is 0 Å². The van der Waals surface area contributed by atoms with Gasteiger partial charge in [0.2, 0.25) is 0 Å². The van der Waals surface area contributed by atoms with Crippen LogP contribution in [-0.4, -0.2) is 66.2 Å². The predicted molar refractivity (Wildman–Crippen MR) is 125 cm³/mol. The first-order chi connectivity index (χ1) is 15.1. The van der Waals surface area contributed by atoms with Crippen LogP contribution in [0.25, 0.3) is 22.0 Å². The molecule has 0 unspecified atom stereocenters. The summed E-state index contributed by atoms with van der Waals surface area (Å²) in [5.41, 5.74) is 3.08. The molecule has 1 N–H and O–H groups in total. The first kappa shape index (κ1) is 20.0. The van der Waals surface area contributed by atoms with E-state index in [0.29, 0.717) is 18.7 Å². The summed E-state index contributed by atoms with van der Waals surface area (Å²) in [4.78, 5) is 18.2. The third kappa shape index (κ3) is 4.02. The van der Waals surface area contributed by atoms with Gasteiger partial charge in [-0.3, -0.25) is 0 Å². The van der Waals surface area contributed by atoms with Gasteiger partial charge in [-0.1, -0.05) is 6.07 Å². The van der Waals surface area contributed by atoms with E-state index in [9.17, 15) is 0 Å². The van der Waals surface area contributed by atoms with E-state index in [1.807, 2.05) is 13.2 Å². The largest absolute Gasteiger partial charge is 0.488 e. The zero-order valence-corrected chi connectivity index (χ0v) is 18.5. The number of rotatable bonds is 4. The zero-order valence-electron chi connectivity index (χ0n) is 18.5. The van der Waals surface area contributed by atoms with Crippen molar-refractivity contribution in [1.29, 1.82) is 0 Å². The Morgan fingerprint density at radius 1 is 1.03 bits per heavy atom. The lowest BCUT2D eigenvalue weighted by Gasteiger charge is -2.33. The van der Waals surface area contributed by atoms with Crippen LogP contribution < -0.4 is 15.0 Å². The van der Waals surface area contributed by atoms with E-state index in [0.717, 1.165) is 58.8 Å². The molecule has 0 saturated heterocycles. The molecule has 0 spiro atoms. The zero-order chi connectivity index (χ0) is 21.4. The van der Waals surface area contributed by atoms with Crippen LogP contribution in [0.2, 0.25) is 0 Å². The minimum Gasteiger partial charge on any atom is -0.488 e. The van der Waals surface area contributed by atoms with Gasteiger partial charge in [-0.2, -0.15) is 0 Å². The molecule has 2 aromatic heterocycles. The van der Waals surface area contributed by atoms with E-state index < -0.39 is 0 Å². The van der Waals surface area contributed by atoms with Gasteiger partial charge in [-0.15, -0.1) is 0 Å². The van der Waals surface area contributed by atoms with Crippen LogP contribution in [-0.2, 0) is 0 Å². The molecule has 1 aromatic carbocycles. The van der Waals surface area contributed by atoms with Gasteiger partial charge in [-0.25, -0.2) is 15.0 Å². The first-order valence-corrected chi connectivity index (χ1v) is 11.1. The summed E-state index contributed by atoms with van der Waals surface area (Å²) < 4.78 is 5.85. The van der Waals surface area contributed by atoms with E-state index >= 15 is 0 Å². The Balaban J connectivity index is 1.42. The van der Waals surface area contributed by atoms with Crippen molar-refractivity contribution in [3.05, 3.63) is 36.8 Å². The van der Waals surface area contributed by atoms with Crippen LogP contribution >= 0.6 is 0 Å². The molecule has 2 aliphatic rings. The van der Waals surface area contributed by atoms with Gasteiger partial charge in [0.05, 0.1) is 12.1 Å². The topological polar surface area (TPSA) is 66.4 Å². The number of hydrogen-bond donors (Lipinski definition) is 1. The van der Waals surface area contributed by atoms with Gasteiger partial charge < -0.3 is 19.9 Å². The number of benzene rings is 1. The molecule has 0 bridgehead atoms. The van der Waals surface area contributed by atoms with Crippen LogP contribution in [0.4, 0.5) is 11.6 Å². The Hall–Kier alpha value is -2.93. The highest BCUT2D eigenvalue weighted by Gasteiger charge is 2.23. The summed E-state index contributed by atoms with van der Waals surface area (Å²) in [5.74, 6) is 2.66. The second kappa shape index (κ2) is 8.30. The fourth-order valence-electron chi connectivity index (χ4n) is 4.67. The van der Waals surface area contributed by atoms with Crippen LogP contribution in [0.1, 0.15) is 25.7 Å². The maximum absolute atomic E-state index is 5.85. The second-order valence-corrected chi connectivity index (χ2v) is 8.88. The van der Waals surface area contributed by atoms with Crippen molar-refractivity contribution in [2.45, 2.75) is 37.8 Å². The summed E-state index contributed by atoms with van der Waals surface area (Å²) >= 11 is 0. The maximum atomic E-state index is 5.85. The standard InChI is InChI=1S/C24H30N6O/c1-29(2)19-7-5-18(6-8-19)28-23-20-12-16(4-9-21(20)26-15-27-23)17-13-22-24(25-14-17)30(3)10-11-31-22/h4,9,12-15,18-19H,5-8,10-11H2,1-3H3,(H,26,27,28)/t18-,19-. The normalized spacial score (nSPS) is 21.1. The lowest BCUT2D eigenvalue weighted by Crippen LogP contribution is -2.36. The molecular formula is C24H30N6O. The summed E-state index contributed by atoms with van der Waals surface area (Å²) in [6.45, 7) is 1.54. The molecule has 3 heterocycles. The Labute approximate surface area is 183 Å². The van der Waals surface area contributed by atoms with Crippen molar-refractivity contribution in [3.63, 3.8) is 0 Å². The van der Waals surface area contributed by atoms with Crippen molar-refractivity contribution in [2.24, 2.45) is 0 Å². The average Bonchev–Trinajstić information content (AvgIpc) is 2.79. The highest BCUT2D eigenvalue weighted by Crippen LogP contribution is 2.34. The number of ether oxygens (including phenoxy) is 1. The summed E-state index contributed by atoms with van der Waals surface area (Å²) in [5, 5.41) is 4.75. The van der Waals surface area contributed by atoms with E-state index in [4.69, 9.17) is 4.74 Å². The molecule has 1 aliphatic carbocycles. The van der Waals surface area contributed by atoms with Crippen LogP contribution in [0.5, 0.6) is 5.75 Å². The Kier molecular flexibility index (Phi) is 5.36. The molecule has 0 atom stereocenters. The van der Waals surface area contributed by atoms with E-state index in [1.165, 1.54) is 12.8 Å². The van der Waals surface area contributed by atoms with Crippen molar-refractivity contribution < 1.29 is 4.74 Å². The Morgan fingerprint density at radius 3 is 2.68 bits per heavy atom. The smallest absolute Gasteiger partial charge is 0.171 e. The number of fused-ring (bicyclic) bond motifs is 2. The maximum Gasteiger partial charge on any atom is 0.171 e. The van der Waals surface area contributed by atoms with Gasteiger partial charge in [0.1, 0.15) is 18.8 Å². The lowest BCUT2D eigenvalue weighted by atomic mass is 9.90. The molecule has 5 rings (SSSR count). The minimum absolute atomic E-state index is 0.451. The molecule has 7 heteroatoms. The van der Waals surface area contributed by atoms with Crippen molar-refractivity contribution >= 4 is 22.5 Å². The summed E-state index contributed by atoms with van der Waals surface area (Å²) in [6, 6.07) is 9.54. The number of nitrogens with one attached hydrogen (secondary N) is 1. The third-order valence-corrected chi connectivity index (χ3v) is 6.62. The molecule has 3 aromatic rings. The third-order valence-electron chi connectivity index (χ3n) is 6.62. The van der Waals surface area contributed by atoms with Crippen molar-refractivity contribution in [3.8, 4) is 16.9 Å². The van der Waals surface area contributed by atoms with Gasteiger partial charge in [-0.05, 0) is 63.5 Å². The molecule has 0 amide bonds. The Bertz CT molecular complexity index is 1080. The molecule has 162 valence electrons. The quantitative estimate of drug-likeness (QED) is 0.691. The molecule has 1 aliphatic heterocycles. The molecule has 31 heavy (non-hydrogen) atoms. The fraction of sp³-hybridized carbons (Fsp3) is 0.458. The van der Waals surface area contributed by atoms with Crippen molar-refractivity contribution in [1.82, 2.24) is 19.9 Å². The lowest BCUT2D eigenvalue weighted by molar-refractivity contribution is 0.221. The minimum atomic E-state index is 0.451. The highest BCUT2D eigenvalue weighted by atomic mass is 16.5. The first-order valence-electron chi connectivity index (χ1n) is 11.1. The molecule has 0 radical (unpaired) electrons. The van der Waals surface area contributed by atoms with Crippen LogP contribution in [0.15, 0.2) is 36.8 Å². The number of anilines is 2. The Morgan fingerprint density at radius 2 is 1.87 bits per heavy atom. The van der Waals surface area contributed by atoms with E-state index in [2.05, 4.69) is 68.4 Å². The molecule has 1 saturated carbocycles. The van der Waals surface area contributed by atoms with E-state index in [1.54, 1.807) is 6.33 Å². The number of nitrogens with zero attached hydrogens (tertiary/aromatic N) is 5. The van der Waals surface area contributed by atoms with Crippen molar-refractivity contribution in [2.75, 3.05) is 44.5 Å². The monoisotopic (exact) mass is 418 g/mol. The number of pyridine rings is 1. The van der Waals surface area contributed by atoms with Gasteiger partial charge in [0, 0.05) is 36.3 Å². The highest BCUT2D eigenvalue weighted by molar-refractivity contribution is 5.92. The summed E-state index contributed by atoms with van der Waals surface area (Å²) in [7, 11) is 6.40. The van der Waals surface area contributed by atoms with Gasteiger partial charge >= 0.3 is 0 Å². The fourth-order valence-corrected chi connectivity index (χ4v) is 4.67. The van der Waals surface area contributed by atoms with Gasteiger partial charge in [0.25, 0.3) is 0 Å². The second-order valence-electron chi connectivity index (χ2n) is 8.88. The number of hydrogen-bond acceptors (Lipinski definition) is 7.